The number of hydrogen-bond donors (Lipinski definition) is 3. The van der Waals surface area contributed by atoms with Gasteiger partial charge >= 0.3 is 6.09 Å². The monoisotopic (exact) mass is 866 g/mol. The van der Waals surface area contributed by atoms with Crippen LogP contribution in [0.3, 0.4) is 0 Å². The van der Waals surface area contributed by atoms with Crippen molar-refractivity contribution < 1.29 is 19.0 Å². The van der Waals surface area contributed by atoms with Crippen molar-refractivity contribution >= 4 is 63.7 Å². The number of carbonyl (C=O) groups excluding carboxylic acids is 1. The second-order valence-electron chi connectivity index (χ2n) is 17.1. The maximum absolute atomic E-state index is 12.8. The number of carbonyl (C=O) groups is 1. The molecule has 1 amide bonds. The van der Waals surface area contributed by atoms with Gasteiger partial charge in [0.25, 0.3) is 0 Å². The van der Waals surface area contributed by atoms with Crippen molar-refractivity contribution in [3.8, 4) is 11.8 Å². The standard InChI is InChI=1S/C25H30ClN5O3.C20H22ClN5O/c1-15-22(30-21-10-9-16(27-5)11-20(21)26)28-14-29-23(15)33-19-12-17-7-6-8-18(13-19)31(17)24(32)34-25(2,3)4;1-12-19(26-18-7-6-13(22-2)10-17(18)21)23-11-24-20(12)27-16-8-14-4-3-5-15(9-16)25-14/h9-11,14,17-19H,6-8,12-13H2,1-4H3,(H,28,29,30);6-7,10-11,14-16,25H,3-5,8-9H2,1H3,(H,23,24,26). The summed E-state index contributed by atoms with van der Waals surface area (Å²) in [5, 5.41) is 11.1. The molecule has 2 aromatic heterocycles. The van der Waals surface area contributed by atoms with Crippen LogP contribution in [0.4, 0.5) is 39.2 Å². The minimum Gasteiger partial charge on any atom is -0.474 e. The lowest BCUT2D eigenvalue weighted by molar-refractivity contribution is -0.0413. The van der Waals surface area contributed by atoms with Gasteiger partial charge in [-0.15, -0.1) is 0 Å². The Kier molecular flexibility index (Phi) is 13.7. The van der Waals surface area contributed by atoms with E-state index in [1.54, 1.807) is 36.4 Å². The van der Waals surface area contributed by atoms with Crippen LogP contribution in [0.2, 0.25) is 10.0 Å². The van der Waals surface area contributed by atoms with Crippen molar-refractivity contribution in [3.05, 3.63) is 93.1 Å². The number of piperidine rings is 4. The molecule has 4 unspecified atom stereocenters. The van der Waals surface area contributed by atoms with E-state index in [0.29, 0.717) is 68.3 Å². The second kappa shape index (κ2) is 19.1. The fourth-order valence-corrected chi connectivity index (χ4v) is 9.07. The molecule has 4 atom stereocenters. The van der Waals surface area contributed by atoms with Crippen LogP contribution in [-0.4, -0.2) is 72.9 Å². The molecule has 3 N–H and O–H groups in total. The van der Waals surface area contributed by atoms with Gasteiger partial charge in [-0.25, -0.2) is 34.4 Å². The van der Waals surface area contributed by atoms with E-state index in [-0.39, 0.29) is 30.4 Å². The molecule has 0 radical (unpaired) electrons. The van der Waals surface area contributed by atoms with Crippen molar-refractivity contribution in [3.63, 3.8) is 0 Å². The van der Waals surface area contributed by atoms with Gasteiger partial charge < -0.3 is 35.1 Å². The molecule has 61 heavy (non-hydrogen) atoms. The topological polar surface area (TPSA) is 144 Å². The fraction of sp³-hybridized carbons (Fsp3) is 0.489. The molecule has 0 spiro atoms. The van der Waals surface area contributed by atoms with Gasteiger partial charge in [-0.2, -0.15) is 0 Å². The third-order valence-electron chi connectivity index (χ3n) is 11.5. The summed E-state index contributed by atoms with van der Waals surface area (Å²) >= 11 is 12.6. The van der Waals surface area contributed by atoms with Crippen LogP contribution in [0.25, 0.3) is 9.69 Å². The lowest BCUT2D eigenvalue weighted by Gasteiger charge is -2.48. The Labute approximate surface area is 367 Å². The number of hydrogen-bond acceptors (Lipinski definition) is 11. The highest BCUT2D eigenvalue weighted by Crippen LogP contribution is 2.39. The van der Waals surface area contributed by atoms with Crippen LogP contribution in [0.5, 0.6) is 11.8 Å². The second-order valence-corrected chi connectivity index (χ2v) is 18.0. The Hall–Kier alpha value is -5.41. The first-order valence-corrected chi connectivity index (χ1v) is 21.6. The van der Waals surface area contributed by atoms with Gasteiger partial charge in [-0.1, -0.05) is 41.8 Å². The Morgan fingerprint density at radius 2 is 1.20 bits per heavy atom. The molecular weight excluding hydrogens is 815 g/mol. The summed E-state index contributed by atoms with van der Waals surface area (Å²) in [7, 11) is 0. The maximum atomic E-state index is 12.8. The van der Waals surface area contributed by atoms with Crippen LogP contribution < -0.4 is 25.4 Å². The van der Waals surface area contributed by atoms with Crippen LogP contribution in [0, 0.1) is 27.0 Å². The van der Waals surface area contributed by atoms with Crippen molar-refractivity contribution in [2.75, 3.05) is 10.6 Å². The van der Waals surface area contributed by atoms with E-state index in [1.165, 1.54) is 31.9 Å². The summed E-state index contributed by atoms with van der Waals surface area (Å²) in [6.07, 6.45) is 13.2. The zero-order valence-corrected chi connectivity index (χ0v) is 36.7. The predicted octanol–water partition coefficient (Wildman–Crippen LogP) is 11.2. The number of nitrogens with zero attached hydrogens (tertiary/aromatic N) is 7. The molecular formula is C45H52Cl2N10O4. The van der Waals surface area contributed by atoms with Gasteiger partial charge in [0.05, 0.1) is 45.7 Å². The summed E-state index contributed by atoms with van der Waals surface area (Å²) < 4.78 is 18.3. The Bertz CT molecular complexity index is 2280. The smallest absolute Gasteiger partial charge is 0.410 e. The predicted molar refractivity (Wildman–Crippen MR) is 237 cm³/mol. The lowest BCUT2D eigenvalue weighted by Crippen LogP contribution is -2.57. The van der Waals surface area contributed by atoms with Gasteiger partial charge in [0.15, 0.2) is 11.4 Å². The normalized spacial score (nSPS) is 22.9. The highest BCUT2D eigenvalue weighted by molar-refractivity contribution is 6.34. The van der Waals surface area contributed by atoms with Gasteiger partial charge in [0.1, 0.15) is 42.1 Å². The van der Waals surface area contributed by atoms with Gasteiger partial charge in [-0.05, 0) is 104 Å². The molecule has 4 aliphatic rings. The van der Waals surface area contributed by atoms with E-state index < -0.39 is 5.60 Å². The molecule has 4 fully saturated rings. The summed E-state index contributed by atoms with van der Waals surface area (Å²) in [5.74, 6) is 2.38. The molecule has 16 heteroatoms. The SMILES string of the molecule is [C-]#[N+]c1ccc(Nc2ncnc(OC3CC4CCCC(C3)N4)c2C)c(Cl)c1.[C-]#[N+]c1ccc(Nc2ncnc(OC3CC4CCCC(C3)N4C(=O)OC(C)(C)C)c2C)c(Cl)c1. The number of ether oxygens (including phenoxy) is 3. The molecule has 8 rings (SSSR count). The third kappa shape index (κ3) is 10.9. The minimum atomic E-state index is -0.514. The largest absolute Gasteiger partial charge is 0.474 e. The molecule has 0 aliphatic carbocycles. The average molecular weight is 868 g/mol. The van der Waals surface area contributed by atoms with E-state index in [9.17, 15) is 4.79 Å². The fourth-order valence-electron chi connectivity index (χ4n) is 8.63. The zero-order chi connectivity index (χ0) is 43.3. The summed E-state index contributed by atoms with van der Waals surface area (Å²) in [4.78, 5) is 39.0. The molecule has 6 heterocycles. The molecule has 4 aromatic rings. The van der Waals surface area contributed by atoms with Crippen molar-refractivity contribution in [2.45, 2.75) is 141 Å². The van der Waals surface area contributed by atoms with Crippen LogP contribution >= 0.6 is 23.2 Å². The first kappa shape index (κ1) is 43.7. The van der Waals surface area contributed by atoms with Crippen molar-refractivity contribution in [2.24, 2.45) is 0 Å². The van der Waals surface area contributed by atoms with E-state index >= 15 is 0 Å². The number of benzene rings is 2. The summed E-state index contributed by atoms with van der Waals surface area (Å²) in [6.45, 7) is 23.7. The highest BCUT2D eigenvalue weighted by atomic mass is 35.5. The molecule has 320 valence electrons. The van der Waals surface area contributed by atoms with Crippen LogP contribution in [-0.2, 0) is 4.74 Å². The lowest BCUT2D eigenvalue weighted by atomic mass is 9.83. The van der Waals surface area contributed by atoms with E-state index in [1.807, 2.05) is 39.5 Å². The summed E-state index contributed by atoms with van der Waals surface area (Å²) in [6, 6.07) is 11.5. The minimum absolute atomic E-state index is 0.0445. The number of anilines is 4. The quantitative estimate of drug-likeness (QED) is 0.146. The first-order valence-electron chi connectivity index (χ1n) is 20.9. The molecule has 4 aliphatic heterocycles. The third-order valence-corrected chi connectivity index (χ3v) is 12.1. The van der Waals surface area contributed by atoms with Crippen LogP contribution in [0.15, 0.2) is 49.1 Å². The Balaban J connectivity index is 0.000000189. The molecule has 4 saturated heterocycles. The van der Waals surface area contributed by atoms with Gasteiger partial charge in [0, 0.05) is 37.0 Å². The van der Waals surface area contributed by atoms with Crippen LogP contribution in [0.1, 0.15) is 96.1 Å². The Morgan fingerprint density at radius 1 is 0.738 bits per heavy atom. The van der Waals surface area contributed by atoms with Crippen molar-refractivity contribution in [1.29, 1.82) is 0 Å². The molecule has 0 saturated carbocycles. The number of halogens is 2. The van der Waals surface area contributed by atoms with E-state index in [2.05, 4.69) is 45.6 Å². The Morgan fingerprint density at radius 3 is 1.64 bits per heavy atom. The van der Waals surface area contributed by atoms with Crippen molar-refractivity contribution in [1.82, 2.24) is 30.2 Å². The first-order chi connectivity index (χ1) is 29.3. The highest BCUT2D eigenvalue weighted by Gasteiger charge is 2.43. The summed E-state index contributed by atoms with van der Waals surface area (Å²) in [5.41, 5.74) is 3.45. The average Bonchev–Trinajstić information content (AvgIpc) is 3.21. The van der Waals surface area contributed by atoms with Gasteiger partial charge in [0.2, 0.25) is 11.8 Å². The number of nitrogens with one attached hydrogen (secondary N) is 3. The van der Waals surface area contributed by atoms with E-state index in [0.717, 1.165) is 56.1 Å². The van der Waals surface area contributed by atoms with E-state index in [4.69, 9.17) is 50.6 Å². The maximum Gasteiger partial charge on any atom is 0.410 e. The molecule has 14 nitrogen and oxygen atoms in total. The zero-order valence-electron chi connectivity index (χ0n) is 35.2. The number of amides is 1. The number of aromatic nitrogens is 4. The number of fused-ring (bicyclic) bond motifs is 4. The molecule has 4 bridgehead atoms. The number of rotatable bonds is 8. The molecule has 2 aromatic carbocycles. The van der Waals surface area contributed by atoms with Gasteiger partial charge in [-0.3, -0.25) is 0 Å².